The van der Waals surface area contributed by atoms with Gasteiger partial charge in [0.1, 0.15) is 11.6 Å². The molecular formula is C17H14Cl2N3O4PS. The topological polar surface area (TPSA) is 93.7 Å². The molecule has 1 aromatic carbocycles. The SMILES string of the molecule is CCOP(=O)(OCC)c1csc2nc(-c3ccc(Cl)cc3Cl)c(C#N)c(=O)n12. The maximum absolute atomic E-state index is 13.1. The fraction of sp³-hybridized carbons (Fsp3) is 0.235. The van der Waals surface area contributed by atoms with Gasteiger partial charge in [-0.25, -0.2) is 9.38 Å². The van der Waals surface area contributed by atoms with Gasteiger partial charge in [0, 0.05) is 16.0 Å². The third-order valence-electron chi connectivity index (χ3n) is 3.73. The standard InChI is InChI=1S/C17H14Cl2N3O4PS/c1-3-25-27(24,26-4-2)14-9-28-17-21-15(12(8-20)16(23)22(14)17)11-6-5-10(18)7-13(11)19/h5-7,9H,3-4H2,1-2H3. The molecule has 0 N–H and O–H groups in total. The van der Waals surface area contributed by atoms with Crippen LogP contribution in [-0.2, 0) is 13.6 Å². The molecule has 2 aromatic heterocycles. The molecule has 3 aromatic rings. The van der Waals surface area contributed by atoms with Crippen LogP contribution in [0.1, 0.15) is 19.4 Å². The average molecular weight is 458 g/mol. The van der Waals surface area contributed by atoms with Gasteiger partial charge in [0.15, 0.2) is 10.4 Å². The van der Waals surface area contributed by atoms with Crippen LogP contribution in [-0.4, -0.2) is 22.6 Å². The molecule has 28 heavy (non-hydrogen) atoms. The van der Waals surface area contributed by atoms with E-state index in [0.717, 1.165) is 15.7 Å². The molecule has 0 radical (unpaired) electrons. The molecule has 0 bridgehead atoms. The van der Waals surface area contributed by atoms with E-state index in [4.69, 9.17) is 32.2 Å². The van der Waals surface area contributed by atoms with E-state index >= 15 is 0 Å². The number of hydrogen-bond acceptors (Lipinski definition) is 7. The van der Waals surface area contributed by atoms with E-state index in [-0.39, 0.29) is 39.9 Å². The first-order valence-corrected chi connectivity index (χ1v) is 11.3. The normalized spacial score (nSPS) is 11.7. The highest BCUT2D eigenvalue weighted by Gasteiger charge is 2.33. The van der Waals surface area contributed by atoms with Crippen molar-refractivity contribution in [2.75, 3.05) is 13.2 Å². The fourth-order valence-corrected chi connectivity index (χ4v) is 6.05. The van der Waals surface area contributed by atoms with Crippen molar-refractivity contribution in [3.8, 4) is 17.3 Å². The van der Waals surface area contributed by atoms with Crippen molar-refractivity contribution in [1.82, 2.24) is 9.38 Å². The van der Waals surface area contributed by atoms with Crippen LogP contribution in [0.2, 0.25) is 10.0 Å². The first-order chi connectivity index (χ1) is 13.4. The van der Waals surface area contributed by atoms with Gasteiger partial charge in [-0.1, -0.05) is 23.2 Å². The number of halogens is 2. The highest BCUT2D eigenvalue weighted by molar-refractivity contribution is 7.62. The molecule has 0 aliphatic rings. The Morgan fingerprint density at radius 3 is 2.54 bits per heavy atom. The zero-order valence-electron chi connectivity index (χ0n) is 14.8. The number of hydrogen-bond donors (Lipinski definition) is 0. The first kappa shape index (κ1) is 21.0. The van der Waals surface area contributed by atoms with Crippen LogP contribution in [0.15, 0.2) is 28.4 Å². The summed E-state index contributed by atoms with van der Waals surface area (Å²) in [6, 6.07) is 6.55. The summed E-state index contributed by atoms with van der Waals surface area (Å²) in [4.78, 5) is 17.7. The Bertz CT molecular complexity index is 1190. The molecule has 0 atom stereocenters. The van der Waals surface area contributed by atoms with E-state index < -0.39 is 13.2 Å². The highest BCUT2D eigenvalue weighted by atomic mass is 35.5. The lowest BCUT2D eigenvalue weighted by Crippen LogP contribution is -2.28. The smallest absolute Gasteiger partial charge is 0.304 e. The van der Waals surface area contributed by atoms with E-state index in [9.17, 15) is 14.6 Å². The van der Waals surface area contributed by atoms with E-state index in [0.29, 0.717) is 10.6 Å². The minimum absolute atomic E-state index is 0.0407. The van der Waals surface area contributed by atoms with Crippen LogP contribution in [0.4, 0.5) is 0 Å². The van der Waals surface area contributed by atoms with Crippen LogP contribution >= 0.6 is 42.1 Å². The monoisotopic (exact) mass is 457 g/mol. The quantitative estimate of drug-likeness (QED) is 0.506. The number of nitrogens with zero attached hydrogens (tertiary/aromatic N) is 3. The van der Waals surface area contributed by atoms with Crippen LogP contribution in [0.5, 0.6) is 0 Å². The predicted molar refractivity (Wildman–Crippen MR) is 110 cm³/mol. The zero-order valence-corrected chi connectivity index (χ0v) is 18.0. The van der Waals surface area contributed by atoms with Gasteiger partial charge in [-0.3, -0.25) is 9.36 Å². The second-order valence-electron chi connectivity index (χ2n) is 5.42. The molecule has 0 aliphatic carbocycles. The summed E-state index contributed by atoms with van der Waals surface area (Å²) in [6.07, 6.45) is 0. The van der Waals surface area contributed by atoms with E-state index in [1.165, 1.54) is 11.4 Å². The summed E-state index contributed by atoms with van der Waals surface area (Å²) in [6.45, 7) is 3.59. The number of benzene rings is 1. The minimum atomic E-state index is -3.75. The Hall–Kier alpha value is -1.72. The Labute approximate surface area is 174 Å². The lowest BCUT2D eigenvalue weighted by molar-refractivity contribution is 0.229. The van der Waals surface area contributed by atoms with Gasteiger partial charge >= 0.3 is 7.60 Å². The Morgan fingerprint density at radius 2 is 1.96 bits per heavy atom. The lowest BCUT2D eigenvalue weighted by Gasteiger charge is -2.16. The summed E-state index contributed by atoms with van der Waals surface area (Å²) in [5, 5.41) is 11.8. The first-order valence-electron chi connectivity index (χ1n) is 8.15. The summed E-state index contributed by atoms with van der Waals surface area (Å²) >= 11 is 13.2. The Kier molecular flexibility index (Phi) is 6.25. The van der Waals surface area contributed by atoms with Gasteiger partial charge in [-0.2, -0.15) is 5.26 Å². The van der Waals surface area contributed by atoms with E-state index in [2.05, 4.69) is 4.98 Å². The molecule has 146 valence electrons. The summed E-state index contributed by atoms with van der Waals surface area (Å²) in [5.41, 5.74) is -0.343. The van der Waals surface area contributed by atoms with Gasteiger partial charge in [0.25, 0.3) is 5.56 Å². The number of rotatable bonds is 6. The fourth-order valence-electron chi connectivity index (χ4n) is 2.61. The molecule has 11 heteroatoms. The van der Waals surface area contributed by atoms with Crippen molar-refractivity contribution in [2.45, 2.75) is 13.8 Å². The predicted octanol–water partition coefficient (Wildman–Crippen LogP) is 4.49. The van der Waals surface area contributed by atoms with Crippen LogP contribution in [0.25, 0.3) is 16.2 Å². The number of nitriles is 1. The summed E-state index contributed by atoms with van der Waals surface area (Å²) < 4.78 is 24.9. The van der Waals surface area contributed by atoms with Crippen molar-refractivity contribution in [1.29, 1.82) is 5.26 Å². The van der Waals surface area contributed by atoms with Crippen molar-refractivity contribution in [3.05, 3.63) is 49.5 Å². The Balaban J connectivity index is 2.33. The van der Waals surface area contributed by atoms with E-state index in [1.54, 1.807) is 26.0 Å². The van der Waals surface area contributed by atoms with Crippen molar-refractivity contribution in [2.24, 2.45) is 0 Å². The van der Waals surface area contributed by atoms with Gasteiger partial charge < -0.3 is 9.05 Å². The molecule has 2 heterocycles. The molecule has 0 fully saturated rings. The largest absolute Gasteiger partial charge is 0.378 e. The molecular weight excluding hydrogens is 444 g/mol. The van der Waals surface area contributed by atoms with Crippen molar-refractivity contribution in [3.63, 3.8) is 0 Å². The van der Waals surface area contributed by atoms with E-state index in [1.807, 2.05) is 6.07 Å². The third kappa shape index (κ3) is 3.62. The van der Waals surface area contributed by atoms with Gasteiger partial charge in [0.2, 0.25) is 0 Å². The maximum atomic E-state index is 13.1. The third-order valence-corrected chi connectivity index (χ3v) is 7.36. The average Bonchev–Trinajstić information content (AvgIpc) is 3.07. The van der Waals surface area contributed by atoms with Crippen molar-refractivity contribution >= 4 is 52.5 Å². The molecule has 0 amide bonds. The molecule has 0 aliphatic heterocycles. The number of aromatic nitrogens is 2. The van der Waals surface area contributed by atoms with Gasteiger partial charge in [-0.15, -0.1) is 11.3 Å². The number of thiazole rings is 1. The molecule has 7 nitrogen and oxygen atoms in total. The minimum Gasteiger partial charge on any atom is -0.304 e. The van der Waals surface area contributed by atoms with Crippen LogP contribution in [0, 0.1) is 11.3 Å². The second kappa shape index (κ2) is 8.34. The van der Waals surface area contributed by atoms with Crippen LogP contribution < -0.4 is 11.0 Å². The second-order valence-corrected chi connectivity index (χ2v) is 9.07. The summed E-state index contributed by atoms with van der Waals surface area (Å²) in [7, 11) is -3.75. The molecule has 0 unspecified atom stereocenters. The van der Waals surface area contributed by atoms with Crippen LogP contribution in [0.3, 0.4) is 0 Å². The number of fused-ring (bicyclic) bond motifs is 1. The molecule has 0 saturated carbocycles. The molecule has 0 spiro atoms. The molecule has 0 saturated heterocycles. The maximum Gasteiger partial charge on any atom is 0.378 e. The van der Waals surface area contributed by atoms with Gasteiger partial charge in [0.05, 0.1) is 23.9 Å². The lowest BCUT2D eigenvalue weighted by atomic mass is 10.1. The van der Waals surface area contributed by atoms with Gasteiger partial charge in [-0.05, 0) is 32.0 Å². The Morgan fingerprint density at radius 1 is 1.29 bits per heavy atom. The highest BCUT2D eigenvalue weighted by Crippen LogP contribution is 2.47. The molecule has 3 rings (SSSR count). The zero-order chi connectivity index (χ0) is 20.5. The summed E-state index contributed by atoms with van der Waals surface area (Å²) in [5.74, 6) is 0. The van der Waals surface area contributed by atoms with Crippen molar-refractivity contribution < 1.29 is 13.6 Å².